The van der Waals surface area contributed by atoms with E-state index in [0.29, 0.717) is 0 Å². The fourth-order valence-electron chi connectivity index (χ4n) is 3.50. The number of fused-ring (bicyclic) bond motifs is 1. The minimum Gasteiger partial charge on any atom is -0.379 e. The standard InChI is InChI=1S/C20H21FN2O4S2/c21-16-6-5-14(13-19(16)29(25,26)23-8-10-27-11-9-23)20(24)22-17-7-12-28-18-4-2-1-3-15(17)18/h1-6,13,17H,7-12H2,(H,22,24)/t17-/m1/s1. The van der Waals surface area contributed by atoms with Gasteiger partial charge in [0.25, 0.3) is 5.91 Å². The summed E-state index contributed by atoms with van der Waals surface area (Å²) in [6, 6.07) is 11.2. The van der Waals surface area contributed by atoms with Gasteiger partial charge >= 0.3 is 0 Å². The van der Waals surface area contributed by atoms with Crippen molar-refractivity contribution >= 4 is 27.7 Å². The lowest BCUT2D eigenvalue weighted by Crippen LogP contribution is -2.41. The Morgan fingerprint density at radius 3 is 2.72 bits per heavy atom. The Kier molecular flexibility index (Phi) is 5.91. The SMILES string of the molecule is O=C(N[C@@H]1CCSc2ccccc21)c1ccc(F)c(S(=O)(=O)N2CCOCC2)c1. The van der Waals surface area contributed by atoms with Crippen molar-refractivity contribution in [3.63, 3.8) is 0 Å². The molecule has 2 aromatic rings. The summed E-state index contributed by atoms with van der Waals surface area (Å²) in [5.41, 5.74) is 1.16. The van der Waals surface area contributed by atoms with Crippen molar-refractivity contribution in [3.8, 4) is 0 Å². The fourth-order valence-corrected chi connectivity index (χ4v) is 6.13. The van der Waals surface area contributed by atoms with Crippen molar-refractivity contribution in [2.75, 3.05) is 32.1 Å². The third kappa shape index (κ3) is 4.18. The molecular formula is C20H21FN2O4S2. The van der Waals surface area contributed by atoms with E-state index in [2.05, 4.69) is 5.32 Å². The molecule has 2 aliphatic rings. The lowest BCUT2D eigenvalue weighted by Gasteiger charge is -2.27. The number of nitrogens with one attached hydrogen (secondary N) is 1. The van der Waals surface area contributed by atoms with E-state index in [1.54, 1.807) is 11.8 Å². The van der Waals surface area contributed by atoms with Crippen LogP contribution in [0.4, 0.5) is 4.39 Å². The van der Waals surface area contributed by atoms with Crippen LogP contribution in [0.2, 0.25) is 0 Å². The predicted molar refractivity (Wildman–Crippen MR) is 108 cm³/mol. The van der Waals surface area contributed by atoms with E-state index in [0.717, 1.165) is 34.8 Å². The molecule has 0 aromatic heterocycles. The maximum atomic E-state index is 14.4. The number of nitrogens with zero attached hydrogens (tertiary/aromatic N) is 1. The van der Waals surface area contributed by atoms with Crippen LogP contribution in [0.5, 0.6) is 0 Å². The normalized spacial score (nSPS) is 20.1. The topological polar surface area (TPSA) is 75.7 Å². The zero-order valence-electron chi connectivity index (χ0n) is 15.6. The number of ether oxygens (including phenoxy) is 1. The molecule has 0 bridgehead atoms. The predicted octanol–water partition coefficient (Wildman–Crippen LogP) is 2.81. The number of morpholine rings is 1. The minimum absolute atomic E-state index is 0.119. The van der Waals surface area contributed by atoms with Crippen molar-refractivity contribution in [3.05, 3.63) is 59.4 Å². The van der Waals surface area contributed by atoms with Gasteiger partial charge in [0.05, 0.1) is 19.3 Å². The number of amides is 1. The van der Waals surface area contributed by atoms with E-state index in [-0.39, 0.29) is 37.9 Å². The van der Waals surface area contributed by atoms with Crippen molar-refractivity contribution < 1.29 is 22.3 Å². The molecule has 29 heavy (non-hydrogen) atoms. The highest BCUT2D eigenvalue weighted by Crippen LogP contribution is 2.36. The molecule has 0 aliphatic carbocycles. The molecule has 9 heteroatoms. The first kappa shape index (κ1) is 20.3. The van der Waals surface area contributed by atoms with Crippen LogP contribution in [0.15, 0.2) is 52.3 Å². The number of halogens is 1. The van der Waals surface area contributed by atoms with E-state index in [1.807, 2.05) is 24.3 Å². The second-order valence-corrected chi connectivity index (χ2v) is 9.91. The van der Waals surface area contributed by atoms with Crippen LogP contribution in [0.3, 0.4) is 0 Å². The maximum absolute atomic E-state index is 14.4. The monoisotopic (exact) mass is 436 g/mol. The second-order valence-electron chi connectivity index (χ2n) is 6.86. The molecule has 2 aliphatic heterocycles. The van der Waals surface area contributed by atoms with Crippen LogP contribution in [-0.2, 0) is 14.8 Å². The average molecular weight is 437 g/mol. The molecule has 1 atom stereocenters. The molecule has 1 fully saturated rings. The van der Waals surface area contributed by atoms with Gasteiger partial charge in [0.1, 0.15) is 10.7 Å². The third-order valence-electron chi connectivity index (χ3n) is 5.05. The Hall–Kier alpha value is -1.94. The number of benzene rings is 2. The van der Waals surface area contributed by atoms with Gasteiger partial charge < -0.3 is 10.1 Å². The quantitative estimate of drug-likeness (QED) is 0.798. The smallest absolute Gasteiger partial charge is 0.251 e. The number of carbonyl (C=O) groups excluding carboxylic acids is 1. The number of sulfonamides is 1. The van der Waals surface area contributed by atoms with E-state index in [9.17, 15) is 17.6 Å². The molecule has 0 unspecified atom stereocenters. The van der Waals surface area contributed by atoms with Crippen LogP contribution in [0.1, 0.15) is 28.4 Å². The van der Waals surface area contributed by atoms with Gasteiger partial charge in [0, 0.05) is 29.3 Å². The van der Waals surface area contributed by atoms with Crippen molar-refractivity contribution in [1.82, 2.24) is 9.62 Å². The van der Waals surface area contributed by atoms with Gasteiger partial charge in [0.15, 0.2) is 0 Å². The van der Waals surface area contributed by atoms with Crippen molar-refractivity contribution in [1.29, 1.82) is 0 Å². The summed E-state index contributed by atoms with van der Waals surface area (Å²) in [7, 11) is -4.04. The van der Waals surface area contributed by atoms with Gasteiger partial charge in [-0.25, -0.2) is 12.8 Å². The van der Waals surface area contributed by atoms with Gasteiger partial charge in [0.2, 0.25) is 10.0 Å². The molecule has 1 N–H and O–H groups in total. The molecule has 4 rings (SSSR count). The molecule has 0 radical (unpaired) electrons. The zero-order chi connectivity index (χ0) is 20.4. The first-order chi connectivity index (χ1) is 14.0. The molecule has 0 saturated carbocycles. The number of carbonyl (C=O) groups is 1. The Labute approximate surface area is 173 Å². The lowest BCUT2D eigenvalue weighted by molar-refractivity contribution is 0.0729. The molecule has 1 amide bonds. The van der Waals surface area contributed by atoms with Crippen LogP contribution < -0.4 is 5.32 Å². The summed E-state index contributed by atoms with van der Waals surface area (Å²) in [5.74, 6) is -0.412. The molecule has 6 nitrogen and oxygen atoms in total. The summed E-state index contributed by atoms with van der Waals surface area (Å²) in [5, 5.41) is 2.97. The van der Waals surface area contributed by atoms with Crippen LogP contribution >= 0.6 is 11.8 Å². The maximum Gasteiger partial charge on any atom is 0.251 e. The van der Waals surface area contributed by atoms with Crippen molar-refractivity contribution in [2.45, 2.75) is 22.3 Å². The van der Waals surface area contributed by atoms with Gasteiger partial charge in [-0.05, 0) is 36.2 Å². The Morgan fingerprint density at radius 2 is 1.93 bits per heavy atom. The van der Waals surface area contributed by atoms with Crippen LogP contribution in [0, 0.1) is 5.82 Å². The first-order valence-electron chi connectivity index (χ1n) is 9.37. The molecule has 2 heterocycles. The fraction of sp³-hybridized carbons (Fsp3) is 0.350. The van der Waals surface area contributed by atoms with Gasteiger partial charge in [-0.3, -0.25) is 4.79 Å². The highest BCUT2D eigenvalue weighted by atomic mass is 32.2. The molecule has 0 spiro atoms. The summed E-state index contributed by atoms with van der Waals surface area (Å²) < 4.78 is 46.4. The summed E-state index contributed by atoms with van der Waals surface area (Å²) in [4.78, 5) is 13.5. The minimum atomic E-state index is -4.04. The van der Waals surface area contributed by atoms with E-state index in [1.165, 1.54) is 10.4 Å². The number of rotatable bonds is 4. The Morgan fingerprint density at radius 1 is 1.17 bits per heavy atom. The average Bonchev–Trinajstić information content (AvgIpc) is 2.75. The third-order valence-corrected chi connectivity index (χ3v) is 8.08. The number of hydrogen-bond donors (Lipinski definition) is 1. The summed E-state index contributed by atoms with van der Waals surface area (Å²) in [6.07, 6.45) is 0.771. The zero-order valence-corrected chi connectivity index (χ0v) is 17.3. The summed E-state index contributed by atoms with van der Waals surface area (Å²) >= 11 is 1.74. The van der Waals surface area contributed by atoms with E-state index in [4.69, 9.17) is 4.74 Å². The number of thioether (sulfide) groups is 1. The van der Waals surface area contributed by atoms with Crippen molar-refractivity contribution in [2.24, 2.45) is 0 Å². The molecule has 2 aromatic carbocycles. The van der Waals surface area contributed by atoms with Crippen LogP contribution in [0.25, 0.3) is 0 Å². The molecular weight excluding hydrogens is 415 g/mol. The lowest BCUT2D eigenvalue weighted by atomic mass is 10.0. The Balaban J connectivity index is 1.58. The molecule has 154 valence electrons. The highest BCUT2D eigenvalue weighted by Gasteiger charge is 2.30. The van der Waals surface area contributed by atoms with Gasteiger partial charge in [-0.2, -0.15) is 4.31 Å². The first-order valence-corrected chi connectivity index (χ1v) is 11.8. The summed E-state index contributed by atoms with van der Waals surface area (Å²) in [6.45, 7) is 0.851. The second kappa shape index (κ2) is 8.43. The van der Waals surface area contributed by atoms with Crippen LogP contribution in [-0.4, -0.2) is 50.7 Å². The Bertz CT molecular complexity index is 1020. The molecule has 1 saturated heterocycles. The number of hydrogen-bond acceptors (Lipinski definition) is 5. The van der Waals surface area contributed by atoms with Gasteiger partial charge in [-0.15, -0.1) is 11.8 Å². The van der Waals surface area contributed by atoms with E-state index >= 15 is 0 Å². The van der Waals surface area contributed by atoms with Gasteiger partial charge in [-0.1, -0.05) is 18.2 Å². The van der Waals surface area contributed by atoms with E-state index < -0.39 is 26.6 Å². The highest BCUT2D eigenvalue weighted by molar-refractivity contribution is 7.99. The largest absolute Gasteiger partial charge is 0.379 e.